The van der Waals surface area contributed by atoms with E-state index in [9.17, 15) is 22.0 Å². The summed E-state index contributed by atoms with van der Waals surface area (Å²) in [6, 6.07) is 8.88. The van der Waals surface area contributed by atoms with Crippen LogP contribution in [0.15, 0.2) is 41.3 Å². The van der Waals surface area contributed by atoms with Crippen LogP contribution in [0.3, 0.4) is 0 Å². The maximum Gasteiger partial charge on any atom is 0.234 e. The fraction of sp³-hybridized carbons (Fsp3) is 0.278. The number of nitrogens with one attached hydrogen (secondary N) is 1. The first-order valence-corrected chi connectivity index (χ1v) is 11.0. The third-order valence-electron chi connectivity index (χ3n) is 4.24. The van der Waals surface area contributed by atoms with Gasteiger partial charge in [-0.1, -0.05) is 12.1 Å². The largest absolute Gasteiger partial charge is 0.325 e. The maximum atomic E-state index is 13.2. The number of amides is 1. The molecule has 0 saturated carbocycles. The topological polar surface area (TPSA) is 66.5 Å². The number of hydrogen-bond donors (Lipinski definition) is 1. The number of sulfonamides is 1. The Balaban J connectivity index is 1.66. The molecule has 9 heteroatoms. The van der Waals surface area contributed by atoms with Gasteiger partial charge in [-0.2, -0.15) is 4.31 Å². The summed E-state index contributed by atoms with van der Waals surface area (Å²) < 4.78 is 51.0. The number of carbonyl (C=O) groups excluding carboxylic acids is 1. The number of carbonyl (C=O) groups is 1. The van der Waals surface area contributed by atoms with Crippen molar-refractivity contribution in [1.82, 2.24) is 4.31 Å². The summed E-state index contributed by atoms with van der Waals surface area (Å²) >= 11 is 1.11. The van der Waals surface area contributed by atoms with E-state index in [0.717, 1.165) is 35.0 Å². The first-order valence-electron chi connectivity index (χ1n) is 8.17. The number of fused-ring (bicyclic) bond motifs is 1. The molecule has 0 unspecified atom stereocenters. The molecule has 3 rings (SSSR count). The van der Waals surface area contributed by atoms with Gasteiger partial charge in [0, 0.05) is 23.7 Å². The standard InChI is InChI=1S/C18H18F2N2O3S2/c1-27(24,25)22-8-7-14-12(10-22)3-2-4-17(14)21-18(23)11-26-13-5-6-15(19)16(20)9-13/h2-6,9H,7-8,10-11H2,1H3,(H,21,23). The maximum absolute atomic E-state index is 13.2. The van der Waals surface area contributed by atoms with E-state index in [0.29, 0.717) is 23.5 Å². The number of halogens is 2. The van der Waals surface area contributed by atoms with Crippen LogP contribution in [0.4, 0.5) is 14.5 Å². The normalized spacial score (nSPS) is 14.6. The molecule has 0 aromatic heterocycles. The molecule has 0 radical (unpaired) electrons. The summed E-state index contributed by atoms with van der Waals surface area (Å²) in [4.78, 5) is 12.7. The van der Waals surface area contributed by atoms with Crippen LogP contribution in [-0.4, -0.2) is 37.2 Å². The van der Waals surface area contributed by atoms with Crippen molar-refractivity contribution in [1.29, 1.82) is 0 Å². The van der Waals surface area contributed by atoms with E-state index in [-0.39, 0.29) is 18.2 Å². The third-order valence-corrected chi connectivity index (χ3v) is 6.48. The quantitative estimate of drug-likeness (QED) is 0.767. The SMILES string of the molecule is CS(=O)(=O)N1CCc2c(cccc2NC(=O)CSc2ccc(F)c(F)c2)C1. The Morgan fingerprint density at radius 2 is 2.00 bits per heavy atom. The van der Waals surface area contributed by atoms with Gasteiger partial charge in [0.1, 0.15) is 0 Å². The molecule has 1 N–H and O–H groups in total. The van der Waals surface area contributed by atoms with E-state index >= 15 is 0 Å². The fourth-order valence-corrected chi connectivity index (χ4v) is 4.40. The Morgan fingerprint density at radius 3 is 2.70 bits per heavy atom. The van der Waals surface area contributed by atoms with Gasteiger partial charge in [0.2, 0.25) is 15.9 Å². The highest BCUT2D eigenvalue weighted by Gasteiger charge is 2.24. The summed E-state index contributed by atoms with van der Waals surface area (Å²) in [5, 5.41) is 2.82. The van der Waals surface area contributed by atoms with Crippen molar-refractivity contribution in [2.75, 3.05) is 23.9 Å². The van der Waals surface area contributed by atoms with Gasteiger partial charge in [0.25, 0.3) is 0 Å². The van der Waals surface area contributed by atoms with Gasteiger partial charge in [0.05, 0.1) is 12.0 Å². The van der Waals surface area contributed by atoms with Gasteiger partial charge in [0.15, 0.2) is 11.6 Å². The number of nitrogens with zero attached hydrogens (tertiary/aromatic N) is 1. The summed E-state index contributed by atoms with van der Waals surface area (Å²) in [7, 11) is -3.27. The molecule has 0 spiro atoms. The molecule has 1 aliphatic rings. The molecule has 1 aliphatic heterocycles. The lowest BCUT2D eigenvalue weighted by Gasteiger charge is -2.28. The van der Waals surface area contributed by atoms with Crippen molar-refractivity contribution in [3.63, 3.8) is 0 Å². The number of thioether (sulfide) groups is 1. The highest BCUT2D eigenvalue weighted by atomic mass is 32.2. The van der Waals surface area contributed by atoms with Gasteiger partial charge in [-0.25, -0.2) is 17.2 Å². The Labute approximate surface area is 160 Å². The van der Waals surface area contributed by atoms with Crippen LogP contribution in [-0.2, 0) is 27.8 Å². The highest BCUT2D eigenvalue weighted by molar-refractivity contribution is 8.00. The van der Waals surface area contributed by atoms with Crippen LogP contribution in [0.1, 0.15) is 11.1 Å². The lowest BCUT2D eigenvalue weighted by Crippen LogP contribution is -2.35. The average molecular weight is 412 g/mol. The average Bonchev–Trinajstić information content (AvgIpc) is 2.62. The zero-order valence-corrected chi connectivity index (χ0v) is 16.2. The van der Waals surface area contributed by atoms with Crippen LogP contribution >= 0.6 is 11.8 Å². The Hall–Kier alpha value is -1.97. The van der Waals surface area contributed by atoms with E-state index < -0.39 is 21.7 Å². The minimum Gasteiger partial charge on any atom is -0.325 e. The predicted octanol–water partition coefficient (Wildman–Crippen LogP) is 3.01. The van der Waals surface area contributed by atoms with Gasteiger partial charge in [-0.3, -0.25) is 4.79 Å². The van der Waals surface area contributed by atoms with Crippen molar-refractivity contribution in [3.8, 4) is 0 Å². The Bertz CT molecular complexity index is 981. The van der Waals surface area contributed by atoms with Crippen LogP contribution in [0.2, 0.25) is 0 Å². The molecular weight excluding hydrogens is 394 g/mol. The van der Waals surface area contributed by atoms with E-state index in [2.05, 4.69) is 5.32 Å². The van der Waals surface area contributed by atoms with Crippen molar-refractivity contribution < 1.29 is 22.0 Å². The molecule has 1 amide bonds. The summed E-state index contributed by atoms with van der Waals surface area (Å²) in [5.74, 6) is -2.11. The molecule has 0 atom stereocenters. The van der Waals surface area contributed by atoms with E-state index in [1.165, 1.54) is 16.6 Å². The number of hydrogen-bond acceptors (Lipinski definition) is 4. The van der Waals surface area contributed by atoms with Crippen LogP contribution in [0.5, 0.6) is 0 Å². The molecule has 1 heterocycles. The van der Waals surface area contributed by atoms with Crippen LogP contribution in [0, 0.1) is 11.6 Å². The lowest BCUT2D eigenvalue weighted by molar-refractivity contribution is -0.113. The van der Waals surface area contributed by atoms with Crippen molar-refractivity contribution in [3.05, 3.63) is 59.2 Å². The number of anilines is 1. The highest BCUT2D eigenvalue weighted by Crippen LogP contribution is 2.28. The smallest absolute Gasteiger partial charge is 0.234 e. The van der Waals surface area contributed by atoms with Crippen LogP contribution < -0.4 is 5.32 Å². The first-order chi connectivity index (χ1) is 12.7. The minimum atomic E-state index is -3.27. The molecule has 144 valence electrons. The second kappa shape index (κ2) is 7.95. The number of rotatable bonds is 5. The van der Waals surface area contributed by atoms with E-state index in [1.807, 2.05) is 6.07 Å². The zero-order chi connectivity index (χ0) is 19.6. The van der Waals surface area contributed by atoms with Crippen molar-refractivity contribution >= 4 is 33.4 Å². The molecule has 0 saturated heterocycles. The van der Waals surface area contributed by atoms with Crippen molar-refractivity contribution in [2.24, 2.45) is 0 Å². The summed E-state index contributed by atoms with van der Waals surface area (Å²) in [5.41, 5.74) is 2.43. The molecule has 5 nitrogen and oxygen atoms in total. The monoisotopic (exact) mass is 412 g/mol. The second-order valence-corrected chi connectivity index (χ2v) is 9.23. The Morgan fingerprint density at radius 1 is 1.22 bits per heavy atom. The van der Waals surface area contributed by atoms with Gasteiger partial charge < -0.3 is 5.32 Å². The Kier molecular flexibility index (Phi) is 5.83. The summed E-state index contributed by atoms with van der Waals surface area (Å²) in [6.07, 6.45) is 1.69. The van der Waals surface area contributed by atoms with E-state index in [1.54, 1.807) is 12.1 Å². The summed E-state index contributed by atoms with van der Waals surface area (Å²) in [6.45, 7) is 0.643. The third kappa shape index (κ3) is 4.85. The van der Waals surface area contributed by atoms with Gasteiger partial charge >= 0.3 is 0 Å². The molecule has 2 aromatic carbocycles. The zero-order valence-electron chi connectivity index (χ0n) is 14.5. The molecule has 27 heavy (non-hydrogen) atoms. The predicted molar refractivity (Wildman–Crippen MR) is 101 cm³/mol. The van der Waals surface area contributed by atoms with Crippen LogP contribution in [0.25, 0.3) is 0 Å². The molecule has 0 bridgehead atoms. The second-order valence-electron chi connectivity index (χ2n) is 6.20. The number of benzene rings is 2. The first kappa shape index (κ1) is 19.8. The van der Waals surface area contributed by atoms with E-state index in [4.69, 9.17) is 0 Å². The van der Waals surface area contributed by atoms with Crippen molar-refractivity contribution in [2.45, 2.75) is 17.9 Å². The molecule has 0 fully saturated rings. The van der Waals surface area contributed by atoms with Gasteiger partial charge in [-0.05, 0) is 41.8 Å². The lowest BCUT2D eigenvalue weighted by atomic mass is 9.99. The molecule has 2 aromatic rings. The molecule has 0 aliphatic carbocycles. The fourth-order valence-electron chi connectivity index (χ4n) is 2.89. The van der Waals surface area contributed by atoms with Gasteiger partial charge in [-0.15, -0.1) is 11.8 Å². The minimum absolute atomic E-state index is 0.0458. The molecular formula is C18H18F2N2O3S2.